The summed E-state index contributed by atoms with van der Waals surface area (Å²) in [6.45, 7) is 2.83. The van der Waals surface area contributed by atoms with Crippen LogP contribution in [0.5, 0.6) is 0 Å². The second-order valence-corrected chi connectivity index (χ2v) is 4.08. The summed E-state index contributed by atoms with van der Waals surface area (Å²) in [6.07, 6.45) is 7.00. The Morgan fingerprint density at radius 2 is 1.69 bits per heavy atom. The lowest BCUT2D eigenvalue weighted by Crippen LogP contribution is -2.24. The van der Waals surface area contributed by atoms with Crippen molar-refractivity contribution in [2.75, 3.05) is 6.54 Å². The Morgan fingerprint density at radius 3 is 2.31 bits per heavy atom. The molecule has 0 saturated carbocycles. The highest BCUT2D eigenvalue weighted by molar-refractivity contribution is 5.75. The Labute approximate surface area is 98.0 Å². The van der Waals surface area contributed by atoms with Crippen molar-refractivity contribution in [3.05, 3.63) is 0 Å². The lowest BCUT2D eigenvalue weighted by molar-refractivity contribution is -0.121. The fourth-order valence-corrected chi connectivity index (χ4v) is 1.45. The van der Waals surface area contributed by atoms with Crippen LogP contribution in [0.25, 0.3) is 0 Å². The summed E-state index contributed by atoms with van der Waals surface area (Å²) in [5.74, 6) is -0.105. The molecule has 0 aromatic heterocycles. The van der Waals surface area contributed by atoms with Crippen molar-refractivity contribution < 1.29 is 9.59 Å². The van der Waals surface area contributed by atoms with E-state index >= 15 is 0 Å². The van der Waals surface area contributed by atoms with Crippen molar-refractivity contribution in [1.29, 1.82) is 0 Å². The Balaban J connectivity index is 3.18. The molecule has 0 aromatic carbocycles. The standard InChI is InChI=1S/C12H24N2O2/c1-2-3-5-9-12(16)14-10-7-4-6-8-11(13)15/h2-10H2,1H3,(H2,13,15)(H,14,16). The van der Waals surface area contributed by atoms with E-state index in [1.807, 2.05) is 0 Å². The normalized spacial score (nSPS) is 10.1. The molecule has 0 aliphatic heterocycles. The van der Waals surface area contributed by atoms with Gasteiger partial charge in [-0.05, 0) is 19.3 Å². The molecule has 94 valence electrons. The third-order valence-electron chi connectivity index (χ3n) is 2.43. The van der Waals surface area contributed by atoms with E-state index in [1.54, 1.807) is 0 Å². The molecule has 4 heteroatoms. The minimum Gasteiger partial charge on any atom is -0.370 e. The zero-order valence-corrected chi connectivity index (χ0v) is 10.3. The summed E-state index contributed by atoms with van der Waals surface area (Å²) < 4.78 is 0. The molecule has 0 aliphatic carbocycles. The predicted molar refractivity (Wildman–Crippen MR) is 64.8 cm³/mol. The highest BCUT2D eigenvalue weighted by atomic mass is 16.1. The van der Waals surface area contributed by atoms with Gasteiger partial charge in [-0.2, -0.15) is 0 Å². The second-order valence-electron chi connectivity index (χ2n) is 4.08. The van der Waals surface area contributed by atoms with Crippen molar-refractivity contribution in [3.63, 3.8) is 0 Å². The molecule has 0 spiro atoms. The first kappa shape index (κ1) is 14.9. The fraction of sp³-hybridized carbons (Fsp3) is 0.833. The molecule has 2 amide bonds. The predicted octanol–water partition coefficient (Wildman–Crippen LogP) is 1.73. The molecule has 0 fully saturated rings. The summed E-state index contributed by atoms with van der Waals surface area (Å²) >= 11 is 0. The molecule has 0 aromatic rings. The number of carbonyl (C=O) groups excluding carboxylic acids is 2. The van der Waals surface area contributed by atoms with Crippen LogP contribution in [0.1, 0.15) is 58.3 Å². The molecule has 0 atom stereocenters. The van der Waals surface area contributed by atoms with E-state index in [1.165, 1.54) is 0 Å². The molecule has 16 heavy (non-hydrogen) atoms. The van der Waals surface area contributed by atoms with Gasteiger partial charge in [-0.25, -0.2) is 0 Å². The molecule has 0 rings (SSSR count). The first-order valence-electron chi connectivity index (χ1n) is 6.21. The first-order chi connectivity index (χ1) is 7.66. The Bertz CT molecular complexity index is 205. The zero-order valence-electron chi connectivity index (χ0n) is 10.3. The zero-order chi connectivity index (χ0) is 12.2. The topological polar surface area (TPSA) is 72.2 Å². The van der Waals surface area contributed by atoms with Gasteiger partial charge in [0.2, 0.25) is 11.8 Å². The summed E-state index contributed by atoms with van der Waals surface area (Å²) in [7, 11) is 0. The van der Waals surface area contributed by atoms with Gasteiger partial charge in [0.15, 0.2) is 0 Å². The maximum Gasteiger partial charge on any atom is 0.219 e. The molecule has 0 heterocycles. The SMILES string of the molecule is CCCCCC(=O)NCCCCCC(N)=O. The van der Waals surface area contributed by atoms with E-state index < -0.39 is 0 Å². The number of amides is 2. The van der Waals surface area contributed by atoms with Gasteiger partial charge in [0.25, 0.3) is 0 Å². The number of hydrogen-bond donors (Lipinski definition) is 2. The van der Waals surface area contributed by atoms with Crippen molar-refractivity contribution >= 4 is 11.8 Å². The minimum atomic E-state index is -0.247. The van der Waals surface area contributed by atoms with Crippen molar-refractivity contribution in [3.8, 4) is 0 Å². The summed E-state index contributed by atoms with van der Waals surface area (Å²) in [6, 6.07) is 0. The molecule has 3 N–H and O–H groups in total. The van der Waals surface area contributed by atoms with Gasteiger partial charge in [-0.15, -0.1) is 0 Å². The third-order valence-corrected chi connectivity index (χ3v) is 2.43. The van der Waals surface area contributed by atoms with E-state index in [-0.39, 0.29) is 11.8 Å². The highest BCUT2D eigenvalue weighted by Gasteiger charge is 1.99. The van der Waals surface area contributed by atoms with E-state index in [2.05, 4.69) is 12.2 Å². The molecule has 0 aliphatic rings. The number of hydrogen-bond acceptors (Lipinski definition) is 2. The van der Waals surface area contributed by atoms with Crippen molar-refractivity contribution in [2.45, 2.75) is 58.3 Å². The lowest BCUT2D eigenvalue weighted by Gasteiger charge is -2.04. The van der Waals surface area contributed by atoms with Crippen LogP contribution in [0, 0.1) is 0 Å². The largest absolute Gasteiger partial charge is 0.370 e. The number of carbonyl (C=O) groups is 2. The molecular formula is C12H24N2O2. The number of nitrogens with one attached hydrogen (secondary N) is 1. The molecule has 0 bridgehead atoms. The average molecular weight is 228 g/mol. The van der Waals surface area contributed by atoms with Gasteiger partial charge in [-0.3, -0.25) is 9.59 Å². The van der Waals surface area contributed by atoms with Crippen LogP contribution in [-0.4, -0.2) is 18.4 Å². The molecular weight excluding hydrogens is 204 g/mol. The van der Waals surface area contributed by atoms with Gasteiger partial charge in [0.1, 0.15) is 0 Å². The van der Waals surface area contributed by atoms with Crippen LogP contribution in [-0.2, 0) is 9.59 Å². The Kier molecular flexibility index (Phi) is 9.76. The molecule has 0 saturated heterocycles. The summed E-state index contributed by atoms with van der Waals surface area (Å²) in [5, 5.41) is 2.87. The highest BCUT2D eigenvalue weighted by Crippen LogP contribution is 2.00. The number of nitrogens with two attached hydrogens (primary N) is 1. The van der Waals surface area contributed by atoms with E-state index in [0.717, 1.165) is 38.5 Å². The van der Waals surface area contributed by atoms with Gasteiger partial charge in [-0.1, -0.05) is 26.2 Å². The van der Waals surface area contributed by atoms with Crippen LogP contribution < -0.4 is 11.1 Å². The third kappa shape index (κ3) is 11.0. The van der Waals surface area contributed by atoms with Crippen LogP contribution in [0.4, 0.5) is 0 Å². The molecule has 0 radical (unpaired) electrons. The maximum atomic E-state index is 11.3. The van der Waals surface area contributed by atoms with E-state index in [0.29, 0.717) is 19.4 Å². The second kappa shape index (κ2) is 10.5. The molecule has 0 unspecified atom stereocenters. The van der Waals surface area contributed by atoms with Crippen LogP contribution in [0.2, 0.25) is 0 Å². The lowest BCUT2D eigenvalue weighted by atomic mass is 10.2. The van der Waals surface area contributed by atoms with Crippen molar-refractivity contribution in [2.24, 2.45) is 5.73 Å². The average Bonchev–Trinajstić information content (AvgIpc) is 2.23. The Morgan fingerprint density at radius 1 is 1.00 bits per heavy atom. The molecule has 4 nitrogen and oxygen atoms in total. The Hall–Kier alpha value is -1.06. The number of primary amides is 1. The van der Waals surface area contributed by atoms with Crippen LogP contribution >= 0.6 is 0 Å². The number of unbranched alkanes of at least 4 members (excludes halogenated alkanes) is 4. The first-order valence-corrected chi connectivity index (χ1v) is 6.21. The smallest absolute Gasteiger partial charge is 0.219 e. The van der Waals surface area contributed by atoms with Crippen molar-refractivity contribution in [1.82, 2.24) is 5.32 Å². The van der Waals surface area contributed by atoms with Crippen LogP contribution in [0.3, 0.4) is 0 Å². The quantitative estimate of drug-likeness (QED) is 0.559. The van der Waals surface area contributed by atoms with E-state index in [9.17, 15) is 9.59 Å². The minimum absolute atomic E-state index is 0.142. The summed E-state index contributed by atoms with van der Waals surface area (Å²) in [4.78, 5) is 21.7. The summed E-state index contributed by atoms with van der Waals surface area (Å²) in [5.41, 5.74) is 5.01. The monoisotopic (exact) mass is 228 g/mol. The fourth-order valence-electron chi connectivity index (χ4n) is 1.45. The van der Waals surface area contributed by atoms with Gasteiger partial charge in [0, 0.05) is 19.4 Å². The van der Waals surface area contributed by atoms with E-state index in [4.69, 9.17) is 5.73 Å². The maximum absolute atomic E-state index is 11.3. The van der Waals surface area contributed by atoms with Gasteiger partial charge < -0.3 is 11.1 Å². The van der Waals surface area contributed by atoms with Gasteiger partial charge >= 0.3 is 0 Å². The van der Waals surface area contributed by atoms with Crippen LogP contribution in [0.15, 0.2) is 0 Å². The number of rotatable bonds is 10. The van der Waals surface area contributed by atoms with Gasteiger partial charge in [0.05, 0.1) is 0 Å².